The Balaban J connectivity index is 2.30. The van der Waals surface area contributed by atoms with Gasteiger partial charge in [0.05, 0.1) is 6.61 Å². The van der Waals surface area contributed by atoms with Gasteiger partial charge in [0.1, 0.15) is 6.17 Å². The van der Waals surface area contributed by atoms with E-state index in [1.54, 1.807) is 0 Å². The molecule has 2 heteroatoms. The van der Waals surface area contributed by atoms with E-state index >= 15 is 0 Å². The van der Waals surface area contributed by atoms with Gasteiger partial charge in [-0.2, -0.15) is 0 Å². The summed E-state index contributed by atoms with van der Waals surface area (Å²) in [4.78, 5) is 0. The number of hydrogen-bond donors (Lipinski definition) is 0. The van der Waals surface area contributed by atoms with Crippen LogP contribution in [0.2, 0.25) is 0 Å². The first-order valence-corrected chi connectivity index (χ1v) is 3.56. The summed E-state index contributed by atoms with van der Waals surface area (Å²) >= 11 is 0. The van der Waals surface area contributed by atoms with E-state index in [0.29, 0.717) is 6.61 Å². The van der Waals surface area contributed by atoms with Crippen LogP contribution < -0.4 is 0 Å². The largest absolute Gasteiger partial charge is 0.378 e. The van der Waals surface area contributed by atoms with E-state index in [2.05, 4.69) is 0 Å². The van der Waals surface area contributed by atoms with Crippen LogP contribution >= 0.6 is 0 Å². The topological polar surface area (TPSA) is 9.23 Å². The second-order valence-corrected chi connectivity index (χ2v) is 2.55. The first-order valence-electron chi connectivity index (χ1n) is 3.56. The monoisotopic (exact) mass is 132 g/mol. The summed E-state index contributed by atoms with van der Waals surface area (Å²) in [5.41, 5.74) is 0. The Morgan fingerprint density at radius 3 is 2.89 bits per heavy atom. The molecule has 0 aromatic carbocycles. The molecular formula is C7H13FO. The van der Waals surface area contributed by atoms with Crippen molar-refractivity contribution >= 4 is 0 Å². The van der Waals surface area contributed by atoms with Gasteiger partial charge in [-0.3, -0.25) is 0 Å². The lowest BCUT2D eigenvalue weighted by Gasteiger charge is -2.24. The minimum absolute atomic E-state index is 0.263. The maximum absolute atomic E-state index is 12.7. The van der Waals surface area contributed by atoms with Gasteiger partial charge in [0.15, 0.2) is 0 Å². The molecule has 1 fully saturated rings. The molecule has 0 radical (unpaired) electrons. The molecule has 0 amide bonds. The fourth-order valence-electron chi connectivity index (χ4n) is 1.21. The molecule has 1 aliphatic rings. The summed E-state index contributed by atoms with van der Waals surface area (Å²) in [6.45, 7) is 3.10. The van der Waals surface area contributed by atoms with Gasteiger partial charge in [0.25, 0.3) is 0 Å². The van der Waals surface area contributed by atoms with Gasteiger partial charge in [-0.1, -0.05) is 13.3 Å². The van der Waals surface area contributed by atoms with Crippen LogP contribution in [-0.2, 0) is 4.74 Å². The van der Waals surface area contributed by atoms with E-state index in [-0.39, 0.29) is 5.92 Å². The zero-order chi connectivity index (χ0) is 6.69. The molecule has 1 heterocycles. The SMILES string of the molecule is CC[C@@H]1CCOC[C@H]1F. The lowest BCUT2D eigenvalue weighted by Crippen LogP contribution is -2.28. The highest BCUT2D eigenvalue weighted by molar-refractivity contribution is 4.70. The standard InChI is InChI=1S/C7H13FO/c1-2-6-3-4-9-5-7(6)8/h6-7H,2-5H2,1H3/t6-,7-/m1/s1. The van der Waals surface area contributed by atoms with Crippen LogP contribution in [0.1, 0.15) is 19.8 Å². The number of ether oxygens (including phenoxy) is 1. The summed E-state index contributed by atoms with van der Waals surface area (Å²) < 4.78 is 17.7. The molecule has 0 aromatic heterocycles. The van der Waals surface area contributed by atoms with Crippen molar-refractivity contribution in [1.82, 2.24) is 0 Å². The molecule has 1 aliphatic heterocycles. The van der Waals surface area contributed by atoms with Crippen molar-refractivity contribution in [3.8, 4) is 0 Å². The second kappa shape index (κ2) is 3.16. The van der Waals surface area contributed by atoms with E-state index in [1.807, 2.05) is 6.92 Å². The summed E-state index contributed by atoms with van der Waals surface area (Å²) in [5, 5.41) is 0. The van der Waals surface area contributed by atoms with E-state index < -0.39 is 6.17 Å². The van der Waals surface area contributed by atoms with Gasteiger partial charge < -0.3 is 4.74 Å². The van der Waals surface area contributed by atoms with Crippen LogP contribution in [0.3, 0.4) is 0 Å². The third kappa shape index (κ3) is 1.65. The Hall–Kier alpha value is -0.110. The smallest absolute Gasteiger partial charge is 0.126 e. The molecule has 0 aromatic rings. The summed E-state index contributed by atoms with van der Waals surface area (Å²) in [7, 11) is 0. The molecule has 1 rings (SSSR count). The number of halogens is 1. The van der Waals surface area contributed by atoms with E-state index in [1.165, 1.54) is 0 Å². The van der Waals surface area contributed by atoms with Crippen molar-refractivity contribution in [2.24, 2.45) is 5.92 Å². The fraction of sp³-hybridized carbons (Fsp3) is 1.00. The summed E-state index contributed by atoms with van der Waals surface area (Å²) in [5.74, 6) is 0.263. The van der Waals surface area contributed by atoms with E-state index in [0.717, 1.165) is 19.4 Å². The van der Waals surface area contributed by atoms with Gasteiger partial charge in [0.2, 0.25) is 0 Å². The van der Waals surface area contributed by atoms with Gasteiger partial charge in [-0.15, -0.1) is 0 Å². The molecule has 0 saturated carbocycles. The van der Waals surface area contributed by atoms with Crippen LogP contribution in [0.15, 0.2) is 0 Å². The van der Waals surface area contributed by atoms with Crippen molar-refractivity contribution in [2.75, 3.05) is 13.2 Å². The molecule has 0 unspecified atom stereocenters. The van der Waals surface area contributed by atoms with Crippen LogP contribution in [0.4, 0.5) is 4.39 Å². The van der Waals surface area contributed by atoms with Crippen molar-refractivity contribution < 1.29 is 9.13 Å². The second-order valence-electron chi connectivity index (χ2n) is 2.55. The number of hydrogen-bond acceptors (Lipinski definition) is 1. The van der Waals surface area contributed by atoms with Crippen molar-refractivity contribution in [2.45, 2.75) is 25.9 Å². The molecule has 0 N–H and O–H groups in total. The average molecular weight is 132 g/mol. The molecule has 1 nitrogen and oxygen atoms in total. The molecule has 0 aliphatic carbocycles. The third-order valence-electron chi connectivity index (χ3n) is 1.95. The normalized spacial score (nSPS) is 36.7. The predicted octanol–water partition coefficient (Wildman–Crippen LogP) is 1.77. The molecule has 1 saturated heterocycles. The van der Waals surface area contributed by atoms with Crippen LogP contribution in [-0.4, -0.2) is 19.4 Å². The minimum atomic E-state index is -0.705. The van der Waals surface area contributed by atoms with Crippen LogP contribution in [0.25, 0.3) is 0 Å². The highest BCUT2D eigenvalue weighted by Crippen LogP contribution is 2.20. The molecular weight excluding hydrogens is 119 g/mol. The van der Waals surface area contributed by atoms with Gasteiger partial charge in [-0.05, 0) is 12.3 Å². The summed E-state index contributed by atoms with van der Waals surface area (Å²) in [6, 6.07) is 0. The van der Waals surface area contributed by atoms with Gasteiger partial charge in [-0.25, -0.2) is 4.39 Å². The van der Waals surface area contributed by atoms with E-state index in [9.17, 15) is 4.39 Å². The zero-order valence-electron chi connectivity index (χ0n) is 5.77. The summed E-state index contributed by atoms with van der Waals surface area (Å²) in [6.07, 6.45) is 1.14. The first kappa shape index (κ1) is 7.00. The minimum Gasteiger partial charge on any atom is -0.378 e. The molecule has 0 spiro atoms. The Labute approximate surface area is 55.2 Å². The number of alkyl halides is 1. The van der Waals surface area contributed by atoms with Gasteiger partial charge >= 0.3 is 0 Å². The van der Waals surface area contributed by atoms with Crippen molar-refractivity contribution in [3.63, 3.8) is 0 Å². The third-order valence-corrected chi connectivity index (χ3v) is 1.95. The Bertz CT molecular complexity index is 85.0. The lowest BCUT2D eigenvalue weighted by atomic mass is 9.96. The Morgan fingerprint density at radius 2 is 2.44 bits per heavy atom. The van der Waals surface area contributed by atoms with Gasteiger partial charge in [0, 0.05) is 6.61 Å². The Morgan fingerprint density at radius 1 is 1.67 bits per heavy atom. The lowest BCUT2D eigenvalue weighted by molar-refractivity contribution is -0.00242. The van der Waals surface area contributed by atoms with E-state index in [4.69, 9.17) is 4.74 Å². The quantitative estimate of drug-likeness (QED) is 0.528. The average Bonchev–Trinajstić information content (AvgIpc) is 1.89. The highest BCUT2D eigenvalue weighted by atomic mass is 19.1. The predicted molar refractivity (Wildman–Crippen MR) is 34.1 cm³/mol. The zero-order valence-corrected chi connectivity index (χ0v) is 5.77. The van der Waals surface area contributed by atoms with Crippen molar-refractivity contribution in [1.29, 1.82) is 0 Å². The molecule has 2 atom stereocenters. The Kier molecular flexibility index (Phi) is 2.46. The van der Waals surface area contributed by atoms with Crippen molar-refractivity contribution in [3.05, 3.63) is 0 Å². The molecule has 54 valence electrons. The first-order chi connectivity index (χ1) is 4.34. The maximum atomic E-state index is 12.7. The maximum Gasteiger partial charge on any atom is 0.126 e. The molecule has 0 bridgehead atoms. The molecule has 9 heavy (non-hydrogen) atoms. The van der Waals surface area contributed by atoms with Crippen LogP contribution in [0.5, 0.6) is 0 Å². The fourth-order valence-corrected chi connectivity index (χ4v) is 1.21. The number of rotatable bonds is 1. The van der Waals surface area contributed by atoms with Crippen LogP contribution in [0, 0.1) is 5.92 Å². The highest BCUT2D eigenvalue weighted by Gasteiger charge is 2.22.